The summed E-state index contributed by atoms with van der Waals surface area (Å²) >= 11 is 0. The van der Waals surface area contributed by atoms with Crippen molar-refractivity contribution in [2.45, 2.75) is 117 Å². The van der Waals surface area contributed by atoms with Crippen LogP contribution in [0.1, 0.15) is 92.9 Å². The number of β-amino-alcohol motifs (C(OH)–C–C–N with tert-alkyl or cyclic N) is 1. The van der Waals surface area contributed by atoms with Gasteiger partial charge in [-0.05, 0) is 50.1 Å². The minimum absolute atomic E-state index is 0.0312. The van der Waals surface area contributed by atoms with Crippen molar-refractivity contribution in [2.75, 3.05) is 39.8 Å². The summed E-state index contributed by atoms with van der Waals surface area (Å²) in [4.78, 5) is 31.2. The van der Waals surface area contributed by atoms with Gasteiger partial charge in [-0.1, -0.05) is 54.4 Å². The molecule has 0 saturated carbocycles. The molecule has 0 aromatic carbocycles. The first kappa shape index (κ1) is 31.7. The van der Waals surface area contributed by atoms with Crippen molar-refractivity contribution in [1.29, 1.82) is 0 Å². The van der Waals surface area contributed by atoms with Gasteiger partial charge in [0.1, 0.15) is 24.8 Å². The molecule has 0 bridgehead atoms. The molecule has 9 heteroatoms. The third-order valence-electron chi connectivity index (χ3n) is 8.59. The number of nitrogens with one attached hydrogen (secondary N) is 1. The van der Waals surface area contributed by atoms with Crippen LogP contribution in [0.5, 0.6) is 0 Å². The Kier molecular flexibility index (Phi) is 10.7. The van der Waals surface area contributed by atoms with Gasteiger partial charge in [-0.3, -0.25) is 9.59 Å². The number of likely N-dealkylation sites (tertiary alicyclic amines) is 2. The number of nitrogens with zero attached hydrogens (tertiary/aromatic N) is 5. The average molecular weight is 548 g/mol. The van der Waals surface area contributed by atoms with E-state index < -0.39 is 23.6 Å². The van der Waals surface area contributed by atoms with E-state index in [0.717, 1.165) is 45.3 Å². The topological polar surface area (TPSA) is 97.6 Å². The molecule has 2 unspecified atom stereocenters. The molecule has 0 aliphatic carbocycles. The molecule has 3 rings (SSSR count). The Labute approximate surface area is 236 Å². The van der Waals surface area contributed by atoms with Gasteiger partial charge in [-0.2, -0.15) is 0 Å². The van der Waals surface area contributed by atoms with Gasteiger partial charge in [0.05, 0.1) is 6.10 Å². The lowest BCUT2D eigenvalue weighted by atomic mass is 9.83. The molecule has 3 heterocycles. The lowest BCUT2D eigenvalue weighted by molar-refractivity contribution is -0.905. The monoisotopic (exact) mass is 547 g/mol. The number of unbranched alkanes of at least 4 members (excludes halogenated alkanes) is 2. The van der Waals surface area contributed by atoms with E-state index in [1.807, 2.05) is 0 Å². The molecular weight excluding hydrogens is 492 g/mol. The zero-order valence-corrected chi connectivity index (χ0v) is 25.7. The van der Waals surface area contributed by atoms with E-state index in [0.29, 0.717) is 12.0 Å². The fraction of sp³-hybridized carbons (Fsp3) is 0.867. The summed E-state index contributed by atoms with van der Waals surface area (Å²) in [6.45, 7) is 17.1. The minimum Gasteiger partial charge on any atom is -0.391 e. The molecule has 39 heavy (non-hydrogen) atoms. The SMILES string of the molecule is CCCC/C=C\[N+]1([C@H](C(=O)N2C[C@H](O)C[C@H]2C(=O)NC)C(C)(C)C)CC(CCN2CCCCC(C)(C)C2)N=N1. The fourth-order valence-corrected chi connectivity index (χ4v) is 6.73. The lowest BCUT2D eigenvalue weighted by Crippen LogP contribution is -2.62. The van der Waals surface area contributed by atoms with Crippen molar-refractivity contribution < 1.29 is 19.3 Å². The summed E-state index contributed by atoms with van der Waals surface area (Å²) in [7, 11) is 1.58. The van der Waals surface area contributed by atoms with E-state index in [2.05, 4.69) is 64.0 Å². The van der Waals surface area contributed by atoms with Crippen molar-refractivity contribution in [3.63, 3.8) is 0 Å². The van der Waals surface area contributed by atoms with Crippen molar-refractivity contribution in [2.24, 2.45) is 21.2 Å². The summed E-state index contributed by atoms with van der Waals surface area (Å²) in [6, 6.07) is -1.20. The van der Waals surface area contributed by atoms with E-state index in [1.165, 1.54) is 19.3 Å². The highest BCUT2D eigenvalue weighted by molar-refractivity contribution is 5.90. The van der Waals surface area contributed by atoms with Crippen LogP contribution >= 0.6 is 0 Å². The van der Waals surface area contributed by atoms with Crippen LogP contribution in [0.25, 0.3) is 0 Å². The predicted molar refractivity (Wildman–Crippen MR) is 155 cm³/mol. The molecular formula is C30H55N6O3+. The zero-order valence-electron chi connectivity index (χ0n) is 25.7. The van der Waals surface area contributed by atoms with Gasteiger partial charge in [-0.15, -0.1) is 9.71 Å². The summed E-state index contributed by atoms with van der Waals surface area (Å²) in [6.07, 6.45) is 11.6. The van der Waals surface area contributed by atoms with Crippen LogP contribution in [0.4, 0.5) is 0 Å². The second-order valence-electron chi connectivity index (χ2n) is 13.9. The molecule has 0 aromatic heterocycles. The summed E-state index contributed by atoms with van der Waals surface area (Å²) in [5.74, 6) is -0.374. The standard InChI is InChI=1S/C30H54N6O3/c1-8-9-10-13-18-36(21-23(32-33-36)14-17-34-16-12-11-15-30(5,6)22-34)26(29(2,3)4)28(39)35-20-24(37)19-25(35)27(38)31-7/h13,18,23-26,37H,8-12,14-17,19-22H2,1-7H3/p+1/b18-13-/t23?,24-,25+,26-,36?/m1/s1. The Morgan fingerprint density at radius 3 is 2.67 bits per heavy atom. The highest BCUT2D eigenvalue weighted by Gasteiger charge is 2.56. The van der Waals surface area contributed by atoms with Crippen molar-refractivity contribution in [3.8, 4) is 0 Å². The Bertz CT molecular complexity index is 898. The summed E-state index contributed by atoms with van der Waals surface area (Å²) in [5.41, 5.74) is -0.115. The highest BCUT2D eigenvalue weighted by Crippen LogP contribution is 2.39. The third kappa shape index (κ3) is 8.10. The Morgan fingerprint density at radius 1 is 1.26 bits per heavy atom. The molecule has 2 saturated heterocycles. The molecule has 5 atom stereocenters. The summed E-state index contributed by atoms with van der Waals surface area (Å²) < 4.78 is 0.120. The normalized spacial score (nSPS) is 30.6. The smallest absolute Gasteiger partial charge is 0.285 e. The number of allylic oxidation sites excluding steroid dienone is 1. The quantitative estimate of drug-likeness (QED) is 0.315. The molecule has 3 aliphatic heterocycles. The molecule has 0 spiro atoms. The van der Waals surface area contributed by atoms with Gasteiger partial charge < -0.3 is 20.2 Å². The van der Waals surface area contributed by atoms with Crippen LogP contribution in [0.15, 0.2) is 22.6 Å². The Hall–Kier alpha value is -1.84. The van der Waals surface area contributed by atoms with Crippen LogP contribution in [0.3, 0.4) is 0 Å². The van der Waals surface area contributed by atoms with Crippen LogP contribution in [-0.4, -0.2) is 95.3 Å². The molecule has 0 radical (unpaired) electrons. The van der Waals surface area contributed by atoms with Crippen molar-refractivity contribution >= 4 is 11.8 Å². The number of carbonyl (C=O) groups is 2. The minimum atomic E-state index is -0.712. The number of carbonyl (C=O) groups excluding carboxylic acids is 2. The average Bonchev–Trinajstić information content (AvgIpc) is 3.40. The fourth-order valence-electron chi connectivity index (χ4n) is 6.73. The van der Waals surface area contributed by atoms with E-state index in [1.54, 1.807) is 11.9 Å². The first-order valence-electron chi connectivity index (χ1n) is 15.2. The van der Waals surface area contributed by atoms with E-state index in [-0.39, 0.29) is 35.4 Å². The van der Waals surface area contributed by atoms with Gasteiger partial charge in [0.2, 0.25) is 11.9 Å². The maximum atomic E-state index is 14.3. The van der Waals surface area contributed by atoms with Gasteiger partial charge in [-0.25, -0.2) is 0 Å². The van der Waals surface area contributed by atoms with Gasteiger partial charge >= 0.3 is 0 Å². The van der Waals surface area contributed by atoms with Crippen LogP contribution < -0.4 is 5.32 Å². The molecule has 2 fully saturated rings. The van der Waals surface area contributed by atoms with Crippen LogP contribution in [-0.2, 0) is 9.59 Å². The number of amides is 2. The maximum absolute atomic E-state index is 14.3. The molecule has 9 nitrogen and oxygen atoms in total. The van der Waals surface area contributed by atoms with E-state index >= 15 is 0 Å². The number of hydrogen-bond donors (Lipinski definition) is 2. The van der Waals surface area contributed by atoms with Crippen LogP contribution in [0, 0.1) is 10.8 Å². The Balaban J connectivity index is 1.86. The number of aliphatic hydroxyl groups is 1. The van der Waals surface area contributed by atoms with E-state index in [9.17, 15) is 14.7 Å². The second kappa shape index (κ2) is 13.2. The largest absolute Gasteiger partial charge is 0.391 e. The first-order valence-corrected chi connectivity index (χ1v) is 15.2. The first-order chi connectivity index (χ1) is 18.3. The van der Waals surface area contributed by atoms with Gasteiger partial charge in [0.15, 0.2) is 0 Å². The van der Waals surface area contributed by atoms with E-state index in [4.69, 9.17) is 10.3 Å². The Morgan fingerprint density at radius 2 is 2.00 bits per heavy atom. The summed E-state index contributed by atoms with van der Waals surface area (Å²) in [5, 5.41) is 22.8. The second-order valence-corrected chi connectivity index (χ2v) is 13.9. The highest BCUT2D eigenvalue weighted by atomic mass is 16.3. The molecule has 222 valence electrons. The third-order valence-corrected chi connectivity index (χ3v) is 8.59. The zero-order chi connectivity index (χ0) is 28.8. The lowest BCUT2D eigenvalue weighted by Gasteiger charge is -2.41. The molecule has 0 aromatic rings. The number of rotatable bonds is 10. The van der Waals surface area contributed by atoms with Gasteiger partial charge in [0.25, 0.3) is 5.91 Å². The molecule has 2 N–H and O–H groups in total. The van der Waals surface area contributed by atoms with Crippen molar-refractivity contribution in [1.82, 2.24) is 15.1 Å². The predicted octanol–water partition coefficient (Wildman–Crippen LogP) is 4.28. The van der Waals surface area contributed by atoms with Crippen molar-refractivity contribution in [3.05, 3.63) is 12.3 Å². The van der Waals surface area contributed by atoms with Gasteiger partial charge in [0, 0.05) is 43.7 Å². The maximum Gasteiger partial charge on any atom is 0.285 e. The number of aliphatic hydroxyl groups excluding tert-OH is 1. The molecule has 3 aliphatic rings. The number of quaternary nitrogens is 1. The number of hydrogen-bond acceptors (Lipinski definition) is 6. The number of likely N-dealkylation sites (N-methyl/N-ethyl adjacent to an activating group) is 1. The molecule has 2 amide bonds. The van der Waals surface area contributed by atoms with Crippen LogP contribution in [0.2, 0.25) is 0 Å².